The van der Waals surface area contributed by atoms with Gasteiger partial charge in [0.15, 0.2) is 0 Å². The van der Waals surface area contributed by atoms with Gasteiger partial charge in [-0.3, -0.25) is 4.79 Å². The Morgan fingerprint density at radius 2 is 1.56 bits per heavy atom. The van der Waals surface area contributed by atoms with Crippen LogP contribution in [0.4, 0.5) is 0 Å². The lowest BCUT2D eigenvalue weighted by atomic mass is 9.86. The van der Waals surface area contributed by atoms with Crippen molar-refractivity contribution in [1.82, 2.24) is 0 Å². The third-order valence-electron chi connectivity index (χ3n) is 3.16. The van der Waals surface area contributed by atoms with E-state index in [0.717, 1.165) is 6.42 Å². The summed E-state index contributed by atoms with van der Waals surface area (Å²) in [4.78, 5) is 11.8. The summed E-state index contributed by atoms with van der Waals surface area (Å²) in [6, 6.07) is 0. The summed E-state index contributed by atoms with van der Waals surface area (Å²) in [5.74, 6) is 0.710. The van der Waals surface area contributed by atoms with E-state index in [1.54, 1.807) is 0 Å². The van der Waals surface area contributed by atoms with Crippen LogP contribution in [0.3, 0.4) is 0 Å². The maximum atomic E-state index is 11.8. The number of rotatable bonds is 6. The predicted molar refractivity (Wildman–Crippen MR) is 68.2 cm³/mol. The minimum Gasteiger partial charge on any atom is -0.462 e. The first kappa shape index (κ1) is 15.5. The van der Waals surface area contributed by atoms with E-state index in [1.807, 2.05) is 0 Å². The Labute approximate surface area is 101 Å². The molecule has 0 amide bonds. The molecule has 0 N–H and O–H groups in total. The van der Waals surface area contributed by atoms with E-state index in [-0.39, 0.29) is 17.5 Å². The molecule has 96 valence electrons. The molecule has 0 heterocycles. The summed E-state index contributed by atoms with van der Waals surface area (Å²) in [5.41, 5.74) is 0.0512. The predicted octanol–water partition coefficient (Wildman–Crippen LogP) is 4.04. The van der Waals surface area contributed by atoms with Crippen LogP contribution < -0.4 is 0 Å². The van der Waals surface area contributed by atoms with Gasteiger partial charge in [-0.05, 0) is 17.3 Å². The van der Waals surface area contributed by atoms with Crippen molar-refractivity contribution in [1.29, 1.82) is 0 Å². The SMILES string of the molecule is CCC(C)(C)CC(=O)OC(C(C)C)C(C)C. The van der Waals surface area contributed by atoms with Crippen molar-refractivity contribution >= 4 is 5.97 Å². The normalized spacial score (nSPS) is 12.6. The van der Waals surface area contributed by atoms with Crippen molar-refractivity contribution in [2.24, 2.45) is 17.3 Å². The van der Waals surface area contributed by atoms with Crippen LogP contribution in [0.5, 0.6) is 0 Å². The number of hydrogen-bond donors (Lipinski definition) is 0. The fourth-order valence-electron chi connectivity index (χ4n) is 1.75. The van der Waals surface area contributed by atoms with Crippen LogP contribution in [0.25, 0.3) is 0 Å². The van der Waals surface area contributed by atoms with Gasteiger partial charge < -0.3 is 4.74 Å². The summed E-state index contributed by atoms with van der Waals surface area (Å²) in [7, 11) is 0. The fraction of sp³-hybridized carbons (Fsp3) is 0.929. The second-order valence-corrected chi connectivity index (χ2v) is 6.14. The Morgan fingerprint density at radius 1 is 1.12 bits per heavy atom. The molecule has 0 aliphatic carbocycles. The van der Waals surface area contributed by atoms with Crippen LogP contribution in [0.15, 0.2) is 0 Å². The molecule has 0 aliphatic rings. The average molecular weight is 228 g/mol. The first-order valence-corrected chi connectivity index (χ1v) is 6.39. The molecule has 0 rings (SSSR count). The highest BCUT2D eigenvalue weighted by atomic mass is 16.5. The molecule has 0 bridgehead atoms. The monoisotopic (exact) mass is 228 g/mol. The number of esters is 1. The summed E-state index contributed by atoms with van der Waals surface area (Å²) >= 11 is 0. The number of hydrogen-bond acceptors (Lipinski definition) is 2. The van der Waals surface area contributed by atoms with Crippen molar-refractivity contribution in [2.75, 3.05) is 0 Å². The Kier molecular flexibility index (Phi) is 6.06. The molecule has 16 heavy (non-hydrogen) atoms. The maximum absolute atomic E-state index is 11.8. The molecule has 0 saturated heterocycles. The van der Waals surface area contributed by atoms with Crippen molar-refractivity contribution < 1.29 is 9.53 Å². The van der Waals surface area contributed by atoms with E-state index in [0.29, 0.717) is 18.3 Å². The standard InChI is InChI=1S/C14H28O2/c1-8-14(6,7)9-12(15)16-13(10(2)3)11(4)5/h10-11,13H,8-9H2,1-7H3. The molecule has 0 radical (unpaired) electrons. The zero-order chi connectivity index (χ0) is 12.9. The van der Waals surface area contributed by atoms with Gasteiger partial charge in [-0.15, -0.1) is 0 Å². The summed E-state index contributed by atoms with van der Waals surface area (Å²) in [5, 5.41) is 0. The van der Waals surface area contributed by atoms with Crippen molar-refractivity contribution in [3.8, 4) is 0 Å². The molecule has 0 aromatic heterocycles. The maximum Gasteiger partial charge on any atom is 0.306 e. The molecule has 0 aromatic carbocycles. The van der Waals surface area contributed by atoms with Crippen LogP contribution in [-0.2, 0) is 9.53 Å². The van der Waals surface area contributed by atoms with Crippen molar-refractivity contribution in [2.45, 2.75) is 67.4 Å². The number of carbonyl (C=O) groups excluding carboxylic acids is 1. The van der Waals surface area contributed by atoms with E-state index in [4.69, 9.17) is 4.74 Å². The van der Waals surface area contributed by atoms with Gasteiger partial charge in [-0.2, -0.15) is 0 Å². The summed E-state index contributed by atoms with van der Waals surface area (Å²) in [6.07, 6.45) is 1.55. The first-order chi connectivity index (χ1) is 7.19. The lowest BCUT2D eigenvalue weighted by Gasteiger charge is -2.27. The molecular weight excluding hydrogens is 200 g/mol. The number of ether oxygens (including phenoxy) is 1. The molecule has 0 atom stereocenters. The van der Waals surface area contributed by atoms with Gasteiger partial charge in [0.25, 0.3) is 0 Å². The minimum absolute atomic E-state index is 0.0418. The molecule has 2 heteroatoms. The van der Waals surface area contributed by atoms with Gasteiger partial charge in [0, 0.05) is 0 Å². The quantitative estimate of drug-likeness (QED) is 0.641. The van der Waals surface area contributed by atoms with Crippen LogP contribution in [0.2, 0.25) is 0 Å². The second-order valence-electron chi connectivity index (χ2n) is 6.14. The van der Waals surface area contributed by atoms with Crippen molar-refractivity contribution in [3.05, 3.63) is 0 Å². The average Bonchev–Trinajstić information content (AvgIpc) is 2.12. The topological polar surface area (TPSA) is 26.3 Å². The molecule has 0 unspecified atom stereocenters. The van der Waals surface area contributed by atoms with Gasteiger partial charge >= 0.3 is 5.97 Å². The summed E-state index contributed by atoms with van der Waals surface area (Å²) < 4.78 is 5.57. The Morgan fingerprint density at radius 3 is 1.88 bits per heavy atom. The first-order valence-electron chi connectivity index (χ1n) is 6.39. The van der Waals surface area contributed by atoms with Gasteiger partial charge in [0.05, 0.1) is 6.42 Å². The Bertz CT molecular complexity index is 209. The number of carbonyl (C=O) groups is 1. The zero-order valence-corrected chi connectivity index (χ0v) is 12.0. The van der Waals surface area contributed by atoms with Crippen LogP contribution in [-0.4, -0.2) is 12.1 Å². The highest BCUT2D eigenvalue weighted by Crippen LogP contribution is 2.26. The minimum atomic E-state index is -0.0563. The van der Waals surface area contributed by atoms with Gasteiger partial charge in [0.2, 0.25) is 0 Å². The molecule has 0 aromatic rings. The lowest BCUT2D eigenvalue weighted by Crippen LogP contribution is -2.30. The Hall–Kier alpha value is -0.530. The van der Waals surface area contributed by atoms with Crippen LogP contribution in [0, 0.1) is 17.3 Å². The van der Waals surface area contributed by atoms with Crippen LogP contribution >= 0.6 is 0 Å². The molecule has 0 saturated carbocycles. The van der Waals surface area contributed by atoms with E-state index in [9.17, 15) is 4.79 Å². The highest BCUT2D eigenvalue weighted by molar-refractivity contribution is 5.70. The lowest BCUT2D eigenvalue weighted by molar-refractivity contribution is -0.156. The van der Waals surface area contributed by atoms with Crippen LogP contribution in [0.1, 0.15) is 61.3 Å². The molecule has 0 spiro atoms. The molecule has 2 nitrogen and oxygen atoms in total. The zero-order valence-electron chi connectivity index (χ0n) is 12.0. The fourth-order valence-corrected chi connectivity index (χ4v) is 1.75. The van der Waals surface area contributed by atoms with E-state index >= 15 is 0 Å². The highest BCUT2D eigenvalue weighted by Gasteiger charge is 2.26. The smallest absolute Gasteiger partial charge is 0.306 e. The molecular formula is C14H28O2. The van der Waals surface area contributed by atoms with Gasteiger partial charge in [-0.1, -0.05) is 54.9 Å². The third kappa shape index (κ3) is 5.53. The van der Waals surface area contributed by atoms with Crippen molar-refractivity contribution in [3.63, 3.8) is 0 Å². The summed E-state index contributed by atoms with van der Waals surface area (Å²) in [6.45, 7) is 14.7. The Balaban J connectivity index is 4.32. The largest absolute Gasteiger partial charge is 0.462 e. The van der Waals surface area contributed by atoms with E-state index in [1.165, 1.54) is 0 Å². The van der Waals surface area contributed by atoms with E-state index < -0.39 is 0 Å². The second kappa shape index (κ2) is 6.27. The molecule has 0 aliphatic heterocycles. The molecule has 0 fully saturated rings. The van der Waals surface area contributed by atoms with Gasteiger partial charge in [0.1, 0.15) is 6.10 Å². The third-order valence-corrected chi connectivity index (χ3v) is 3.16. The van der Waals surface area contributed by atoms with E-state index in [2.05, 4.69) is 48.5 Å². The van der Waals surface area contributed by atoms with Gasteiger partial charge in [-0.25, -0.2) is 0 Å².